The molecule has 1 saturated heterocycles. The largest absolute Gasteiger partial charge is 0.486 e. The number of hydrogen-bond donors (Lipinski definition) is 1. The fourth-order valence-electron chi connectivity index (χ4n) is 4.32. The second-order valence-electron chi connectivity index (χ2n) is 8.81. The Balaban J connectivity index is 1.31. The van der Waals surface area contributed by atoms with Crippen molar-refractivity contribution in [2.75, 3.05) is 26.0 Å². The van der Waals surface area contributed by atoms with Crippen molar-refractivity contribution in [1.82, 2.24) is 9.21 Å². The van der Waals surface area contributed by atoms with Gasteiger partial charge >= 0.3 is 0 Å². The average molecular weight is 476 g/mol. The summed E-state index contributed by atoms with van der Waals surface area (Å²) in [6.07, 6.45) is 4.00. The number of hydrogen-bond acceptors (Lipinski definition) is 8. The summed E-state index contributed by atoms with van der Waals surface area (Å²) >= 11 is 0. The van der Waals surface area contributed by atoms with Gasteiger partial charge in [0.15, 0.2) is 0 Å². The number of sulfonamides is 1. The molecule has 9 nitrogen and oxygen atoms in total. The molecule has 1 fully saturated rings. The SMILES string of the molecule is CC(=NO)c1ccc2c(c1)CN(Cc1cc(=O)c(OCC3CCN(S(C)(=O)=O)CC3)co1)C2. The highest BCUT2D eigenvalue weighted by molar-refractivity contribution is 7.88. The van der Waals surface area contributed by atoms with Gasteiger partial charge in [-0.25, -0.2) is 12.7 Å². The number of ether oxygens (including phenoxy) is 1. The summed E-state index contributed by atoms with van der Waals surface area (Å²) in [6.45, 7) is 5.04. The van der Waals surface area contributed by atoms with E-state index in [1.165, 1.54) is 34.0 Å². The van der Waals surface area contributed by atoms with Crippen LogP contribution in [0.1, 0.15) is 42.2 Å². The monoisotopic (exact) mass is 475 g/mol. The van der Waals surface area contributed by atoms with Gasteiger partial charge in [0, 0.05) is 32.2 Å². The Bertz CT molecular complexity index is 1200. The first-order valence-electron chi connectivity index (χ1n) is 11.0. The fourth-order valence-corrected chi connectivity index (χ4v) is 5.20. The highest BCUT2D eigenvalue weighted by Crippen LogP contribution is 2.26. The van der Waals surface area contributed by atoms with Crippen LogP contribution in [0.15, 0.2) is 44.9 Å². The third kappa shape index (κ3) is 5.63. The summed E-state index contributed by atoms with van der Waals surface area (Å²) in [7, 11) is -3.15. The second kappa shape index (κ2) is 9.66. The molecular weight excluding hydrogens is 446 g/mol. The Morgan fingerprint density at radius 2 is 1.94 bits per heavy atom. The van der Waals surface area contributed by atoms with Gasteiger partial charge in [-0.15, -0.1) is 0 Å². The fraction of sp³-hybridized carbons (Fsp3) is 0.478. The van der Waals surface area contributed by atoms with Gasteiger partial charge in [-0.3, -0.25) is 9.69 Å². The van der Waals surface area contributed by atoms with Crippen LogP contribution in [0.4, 0.5) is 0 Å². The van der Waals surface area contributed by atoms with Crippen molar-refractivity contribution in [3.8, 4) is 5.75 Å². The molecular formula is C23H29N3O6S. The average Bonchev–Trinajstić information content (AvgIpc) is 3.19. The predicted molar refractivity (Wildman–Crippen MR) is 123 cm³/mol. The van der Waals surface area contributed by atoms with Gasteiger partial charge in [0.1, 0.15) is 12.0 Å². The Hall–Kier alpha value is -2.69. The van der Waals surface area contributed by atoms with E-state index in [0.717, 1.165) is 18.7 Å². The normalized spacial score (nSPS) is 18.4. The van der Waals surface area contributed by atoms with E-state index >= 15 is 0 Å². The summed E-state index contributed by atoms with van der Waals surface area (Å²) < 4.78 is 36.1. The minimum atomic E-state index is -3.15. The molecule has 0 radical (unpaired) electrons. The Morgan fingerprint density at radius 1 is 1.21 bits per heavy atom. The minimum absolute atomic E-state index is 0.178. The van der Waals surface area contributed by atoms with Crippen LogP contribution in [0.3, 0.4) is 0 Å². The van der Waals surface area contributed by atoms with Crippen LogP contribution < -0.4 is 10.2 Å². The van der Waals surface area contributed by atoms with Crippen LogP contribution in [0.2, 0.25) is 0 Å². The zero-order valence-corrected chi connectivity index (χ0v) is 19.7. The van der Waals surface area contributed by atoms with E-state index in [2.05, 4.69) is 10.1 Å². The molecule has 1 aromatic heterocycles. The molecule has 0 amide bonds. The topological polar surface area (TPSA) is 113 Å². The lowest BCUT2D eigenvalue weighted by molar-refractivity contribution is 0.180. The molecule has 0 saturated carbocycles. The van der Waals surface area contributed by atoms with E-state index in [0.29, 0.717) is 50.6 Å². The van der Waals surface area contributed by atoms with E-state index < -0.39 is 10.0 Å². The van der Waals surface area contributed by atoms with Crippen molar-refractivity contribution < 1.29 is 22.8 Å². The molecule has 2 aliphatic heterocycles. The van der Waals surface area contributed by atoms with Gasteiger partial charge in [0.05, 0.1) is 25.1 Å². The van der Waals surface area contributed by atoms with Gasteiger partial charge in [-0.05, 0) is 48.4 Å². The first-order chi connectivity index (χ1) is 15.7. The number of rotatable bonds is 7. The van der Waals surface area contributed by atoms with Crippen LogP contribution in [0.5, 0.6) is 5.75 Å². The van der Waals surface area contributed by atoms with Crippen molar-refractivity contribution in [1.29, 1.82) is 0 Å². The molecule has 0 spiro atoms. The van der Waals surface area contributed by atoms with Gasteiger partial charge in [0.25, 0.3) is 0 Å². The van der Waals surface area contributed by atoms with Gasteiger partial charge in [0.2, 0.25) is 21.2 Å². The summed E-state index contributed by atoms with van der Waals surface area (Å²) in [5.41, 5.74) is 3.60. The van der Waals surface area contributed by atoms with Gasteiger partial charge in [-0.1, -0.05) is 17.3 Å². The molecule has 3 heterocycles. The third-order valence-electron chi connectivity index (χ3n) is 6.31. The molecule has 33 heavy (non-hydrogen) atoms. The number of nitrogens with zero attached hydrogens (tertiary/aromatic N) is 3. The van der Waals surface area contributed by atoms with E-state index in [4.69, 9.17) is 14.4 Å². The van der Waals surface area contributed by atoms with Crippen LogP contribution in [0.25, 0.3) is 0 Å². The first-order valence-corrected chi connectivity index (χ1v) is 12.8. The Labute approximate surface area is 193 Å². The van der Waals surface area contributed by atoms with Crippen molar-refractivity contribution in [2.24, 2.45) is 11.1 Å². The number of benzene rings is 1. The van der Waals surface area contributed by atoms with E-state index in [1.807, 2.05) is 18.2 Å². The lowest BCUT2D eigenvalue weighted by Crippen LogP contribution is -2.39. The quantitative estimate of drug-likeness (QED) is 0.372. The summed E-state index contributed by atoms with van der Waals surface area (Å²) in [6, 6.07) is 7.47. The highest BCUT2D eigenvalue weighted by Gasteiger charge is 2.25. The smallest absolute Gasteiger partial charge is 0.227 e. The molecule has 0 unspecified atom stereocenters. The molecule has 4 rings (SSSR count). The van der Waals surface area contributed by atoms with Crippen molar-refractivity contribution >= 4 is 15.7 Å². The number of piperidine rings is 1. The van der Waals surface area contributed by atoms with Crippen molar-refractivity contribution in [2.45, 2.75) is 39.4 Å². The summed E-state index contributed by atoms with van der Waals surface area (Å²) in [5.74, 6) is 0.946. The van der Waals surface area contributed by atoms with Crippen molar-refractivity contribution in [3.63, 3.8) is 0 Å². The van der Waals surface area contributed by atoms with Crippen LogP contribution in [0, 0.1) is 5.92 Å². The first kappa shape index (κ1) is 23.5. The lowest BCUT2D eigenvalue weighted by Gasteiger charge is -2.29. The number of fused-ring (bicyclic) bond motifs is 1. The summed E-state index contributed by atoms with van der Waals surface area (Å²) in [4.78, 5) is 14.7. The molecule has 178 valence electrons. The van der Waals surface area contributed by atoms with Gasteiger partial charge in [-0.2, -0.15) is 0 Å². The third-order valence-corrected chi connectivity index (χ3v) is 7.61. The standard InChI is InChI=1S/C23H29N3O6S/c1-16(24-28)18-3-4-19-11-25(12-20(19)9-18)13-21-10-22(27)23(15-31-21)32-14-17-5-7-26(8-6-17)33(2,29)30/h3-4,9-10,15,17,28H,5-8,11-14H2,1-2H3. The number of oxime groups is 1. The Kier molecular flexibility index (Phi) is 6.87. The molecule has 0 atom stereocenters. The van der Waals surface area contributed by atoms with E-state index in [9.17, 15) is 13.2 Å². The maximum atomic E-state index is 12.5. The van der Waals surface area contributed by atoms with Crippen LogP contribution in [-0.2, 0) is 29.7 Å². The van der Waals surface area contributed by atoms with Crippen LogP contribution in [-0.4, -0.2) is 54.5 Å². The highest BCUT2D eigenvalue weighted by atomic mass is 32.2. The summed E-state index contributed by atoms with van der Waals surface area (Å²) in [5, 5.41) is 12.2. The Morgan fingerprint density at radius 3 is 2.61 bits per heavy atom. The van der Waals surface area contributed by atoms with E-state index in [1.54, 1.807) is 6.92 Å². The molecule has 1 aromatic carbocycles. The maximum absolute atomic E-state index is 12.5. The molecule has 10 heteroatoms. The minimum Gasteiger partial charge on any atom is -0.486 e. The molecule has 2 aliphatic rings. The second-order valence-corrected chi connectivity index (χ2v) is 10.8. The molecule has 1 N–H and O–H groups in total. The maximum Gasteiger partial charge on any atom is 0.227 e. The zero-order chi connectivity index (χ0) is 23.6. The predicted octanol–water partition coefficient (Wildman–Crippen LogP) is 2.40. The molecule has 2 aromatic rings. The molecule has 0 aliphatic carbocycles. The molecule has 0 bridgehead atoms. The zero-order valence-electron chi connectivity index (χ0n) is 18.9. The van der Waals surface area contributed by atoms with Crippen LogP contribution >= 0.6 is 0 Å². The lowest BCUT2D eigenvalue weighted by atomic mass is 9.99. The van der Waals surface area contributed by atoms with Gasteiger partial charge < -0.3 is 14.4 Å². The van der Waals surface area contributed by atoms with Crippen molar-refractivity contribution in [3.05, 3.63) is 63.2 Å². The van der Waals surface area contributed by atoms with E-state index in [-0.39, 0.29) is 17.1 Å².